The second-order valence-electron chi connectivity index (χ2n) is 4.61. The smallest absolute Gasteiger partial charge is 0.122 e. The van der Waals surface area contributed by atoms with E-state index in [0.717, 1.165) is 22.6 Å². The SMILES string of the molecule is COc1cc(C/C=C/c2cc(O)cc(O)c2)cc(OC)c1. The molecule has 0 aliphatic carbocycles. The third-order valence-corrected chi connectivity index (χ3v) is 3.00. The summed E-state index contributed by atoms with van der Waals surface area (Å²) in [5.74, 6) is 1.57. The highest BCUT2D eigenvalue weighted by Gasteiger charge is 2.01. The Morgan fingerprint density at radius 3 is 1.95 bits per heavy atom. The average molecular weight is 286 g/mol. The largest absolute Gasteiger partial charge is 0.508 e. The van der Waals surface area contributed by atoms with E-state index in [1.54, 1.807) is 26.4 Å². The molecule has 0 spiro atoms. The molecule has 0 aliphatic heterocycles. The molecule has 2 aromatic rings. The van der Waals surface area contributed by atoms with Crippen molar-refractivity contribution in [2.24, 2.45) is 0 Å². The maximum Gasteiger partial charge on any atom is 0.122 e. The lowest BCUT2D eigenvalue weighted by Crippen LogP contribution is -1.90. The molecular formula is C17H18O4. The van der Waals surface area contributed by atoms with Crippen molar-refractivity contribution in [2.45, 2.75) is 6.42 Å². The number of rotatable bonds is 5. The van der Waals surface area contributed by atoms with Gasteiger partial charge in [0.2, 0.25) is 0 Å². The van der Waals surface area contributed by atoms with Crippen molar-refractivity contribution in [3.63, 3.8) is 0 Å². The van der Waals surface area contributed by atoms with Gasteiger partial charge in [-0.2, -0.15) is 0 Å². The highest BCUT2D eigenvalue weighted by atomic mass is 16.5. The maximum absolute atomic E-state index is 9.42. The lowest BCUT2D eigenvalue weighted by atomic mass is 10.1. The molecule has 0 radical (unpaired) electrons. The third-order valence-electron chi connectivity index (χ3n) is 3.00. The summed E-state index contributed by atoms with van der Waals surface area (Å²) >= 11 is 0. The molecule has 4 nitrogen and oxygen atoms in total. The summed E-state index contributed by atoms with van der Waals surface area (Å²) in [5, 5.41) is 18.8. The van der Waals surface area contributed by atoms with Gasteiger partial charge in [0.1, 0.15) is 23.0 Å². The van der Waals surface area contributed by atoms with Gasteiger partial charge in [0.15, 0.2) is 0 Å². The van der Waals surface area contributed by atoms with Crippen LogP contribution in [0.4, 0.5) is 0 Å². The molecule has 2 N–H and O–H groups in total. The molecule has 2 rings (SSSR count). The minimum absolute atomic E-state index is 0.0395. The van der Waals surface area contributed by atoms with Crippen LogP contribution in [0.15, 0.2) is 42.5 Å². The van der Waals surface area contributed by atoms with Crippen LogP contribution in [0.25, 0.3) is 6.08 Å². The van der Waals surface area contributed by atoms with Gasteiger partial charge in [-0.25, -0.2) is 0 Å². The Balaban J connectivity index is 2.13. The van der Waals surface area contributed by atoms with Gasteiger partial charge in [-0.05, 0) is 41.8 Å². The second kappa shape index (κ2) is 6.70. The normalized spacial score (nSPS) is 10.8. The van der Waals surface area contributed by atoms with Gasteiger partial charge in [-0.3, -0.25) is 0 Å². The van der Waals surface area contributed by atoms with E-state index in [-0.39, 0.29) is 11.5 Å². The van der Waals surface area contributed by atoms with Gasteiger partial charge < -0.3 is 19.7 Å². The fraction of sp³-hybridized carbons (Fsp3) is 0.176. The average Bonchev–Trinajstić information content (AvgIpc) is 2.45. The predicted molar refractivity (Wildman–Crippen MR) is 82.1 cm³/mol. The van der Waals surface area contributed by atoms with Gasteiger partial charge >= 0.3 is 0 Å². The lowest BCUT2D eigenvalue weighted by Gasteiger charge is -2.07. The summed E-state index contributed by atoms with van der Waals surface area (Å²) in [6.07, 6.45) is 4.47. The number of hydrogen-bond donors (Lipinski definition) is 2. The lowest BCUT2D eigenvalue weighted by molar-refractivity contribution is 0.393. The van der Waals surface area contributed by atoms with E-state index < -0.39 is 0 Å². The predicted octanol–water partition coefficient (Wildman–Crippen LogP) is 3.37. The van der Waals surface area contributed by atoms with Crippen LogP contribution >= 0.6 is 0 Å². The summed E-state index contributed by atoms with van der Waals surface area (Å²) in [6.45, 7) is 0. The number of benzene rings is 2. The van der Waals surface area contributed by atoms with Crippen LogP contribution in [0.2, 0.25) is 0 Å². The monoisotopic (exact) mass is 286 g/mol. The molecule has 0 heterocycles. The number of methoxy groups -OCH3 is 2. The summed E-state index contributed by atoms with van der Waals surface area (Å²) in [5.41, 5.74) is 1.79. The van der Waals surface area contributed by atoms with Crippen molar-refractivity contribution in [1.82, 2.24) is 0 Å². The molecule has 0 fully saturated rings. The van der Waals surface area contributed by atoms with E-state index in [0.29, 0.717) is 6.42 Å². The van der Waals surface area contributed by atoms with E-state index >= 15 is 0 Å². The van der Waals surface area contributed by atoms with Crippen LogP contribution < -0.4 is 9.47 Å². The molecule has 0 unspecified atom stereocenters. The van der Waals surface area contributed by atoms with Crippen LogP contribution in [-0.4, -0.2) is 24.4 Å². The summed E-state index contributed by atoms with van der Waals surface area (Å²) < 4.78 is 10.4. The molecule has 2 aromatic carbocycles. The van der Waals surface area contributed by atoms with Crippen molar-refractivity contribution in [1.29, 1.82) is 0 Å². The summed E-state index contributed by atoms with van der Waals surface area (Å²) in [7, 11) is 3.23. The highest BCUT2D eigenvalue weighted by Crippen LogP contribution is 2.24. The first-order valence-electron chi connectivity index (χ1n) is 6.52. The number of hydrogen-bond acceptors (Lipinski definition) is 4. The van der Waals surface area contributed by atoms with Gasteiger partial charge in [-0.1, -0.05) is 12.2 Å². The molecule has 0 aromatic heterocycles. The first-order valence-corrected chi connectivity index (χ1v) is 6.52. The molecular weight excluding hydrogens is 268 g/mol. The second-order valence-corrected chi connectivity index (χ2v) is 4.61. The molecule has 4 heteroatoms. The van der Waals surface area contributed by atoms with E-state index in [2.05, 4.69) is 0 Å². The van der Waals surface area contributed by atoms with Crippen molar-refractivity contribution in [2.75, 3.05) is 14.2 Å². The van der Waals surface area contributed by atoms with E-state index in [1.807, 2.05) is 30.4 Å². The fourth-order valence-electron chi connectivity index (χ4n) is 2.03. The quantitative estimate of drug-likeness (QED) is 0.884. The standard InChI is InChI=1S/C17H18O4/c1-20-16-8-13(9-17(11-16)21-2)5-3-4-12-6-14(18)10-15(19)7-12/h3-4,6-11,18-19H,5H2,1-2H3/b4-3+. The van der Waals surface area contributed by atoms with E-state index in [9.17, 15) is 10.2 Å². The maximum atomic E-state index is 9.42. The van der Waals surface area contributed by atoms with Crippen LogP contribution in [0.5, 0.6) is 23.0 Å². The Morgan fingerprint density at radius 2 is 1.43 bits per heavy atom. The van der Waals surface area contributed by atoms with Crippen molar-refractivity contribution in [3.8, 4) is 23.0 Å². The first kappa shape index (κ1) is 14.8. The zero-order valence-corrected chi connectivity index (χ0v) is 12.0. The van der Waals surface area contributed by atoms with Gasteiger partial charge in [-0.15, -0.1) is 0 Å². The molecule has 0 amide bonds. The molecule has 110 valence electrons. The highest BCUT2D eigenvalue weighted by molar-refractivity contribution is 5.55. The minimum atomic E-state index is 0.0395. The number of phenols is 2. The molecule has 0 atom stereocenters. The Hall–Kier alpha value is -2.62. The van der Waals surface area contributed by atoms with E-state index in [4.69, 9.17) is 9.47 Å². The van der Waals surface area contributed by atoms with Crippen molar-refractivity contribution >= 4 is 6.08 Å². The molecule has 0 aliphatic rings. The summed E-state index contributed by atoms with van der Waals surface area (Å²) in [6, 6.07) is 10.2. The van der Waals surface area contributed by atoms with Crippen molar-refractivity contribution in [3.05, 3.63) is 53.6 Å². The first-order chi connectivity index (χ1) is 10.1. The molecule has 0 bridgehead atoms. The number of ether oxygens (including phenoxy) is 2. The Bertz CT molecular complexity index is 605. The fourth-order valence-corrected chi connectivity index (χ4v) is 2.03. The zero-order chi connectivity index (χ0) is 15.2. The minimum Gasteiger partial charge on any atom is -0.508 e. The zero-order valence-electron chi connectivity index (χ0n) is 12.0. The Labute approximate surface area is 123 Å². The molecule has 21 heavy (non-hydrogen) atoms. The molecule has 0 saturated carbocycles. The Kier molecular flexibility index (Phi) is 4.72. The van der Waals surface area contributed by atoms with Gasteiger partial charge in [0.25, 0.3) is 0 Å². The van der Waals surface area contributed by atoms with Crippen LogP contribution in [-0.2, 0) is 6.42 Å². The van der Waals surface area contributed by atoms with Gasteiger partial charge in [0, 0.05) is 12.1 Å². The number of allylic oxidation sites excluding steroid dienone is 1. The summed E-state index contributed by atoms with van der Waals surface area (Å²) in [4.78, 5) is 0. The molecule has 0 saturated heterocycles. The topological polar surface area (TPSA) is 58.9 Å². The van der Waals surface area contributed by atoms with E-state index in [1.165, 1.54) is 6.07 Å². The Morgan fingerprint density at radius 1 is 0.857 bits per heavy atom. The number of aromatic hydroxyl groups is 2. The van der Waals surface area contributed by atoms with Gasteiger partial charge in [0.05, 0.1) is 14.2 Å². The third kappa shape index (κ3) is 4.18. The van der Waals surface area contributed by atoms with Crippen LogP contribution in [0, 0.1) is 0 Å². The van der Waals surface area contributed by atoms with Crippen LogP contribution in [0.3, 0.4) is 0 Å². The number of phenolic OH excluding ortho intramolecular Hbond substituents is 2. The van der Waals surface area contributed by atoms with Crippen LogP contribution in [0.1, 0.15) is 11.1 Å². The van der Waals surface area contributed by atoms with Crippen molar-refractivity contribution < 1.29 is 19.7 Å².